The SMILES string of the molecule is CC1CN(c2cc(F)c(C3=CCN(c4ncc(C#N)s4)CC3)c(F)c2NC(=O)c2c[nH]c(=O)cc2C(F)F)CCN1C. The smallest absolute Gasteiger partial charge is 0.264 e. The Kier molecular flexibility index (Phi) is 8.33. The van der Waals surface area contributed by atoms with Gasteiger partial charge in [0.25, 0.3) is 12.3 Å². The maximum Gasteiger partial charge on any atom is 0.264 e. The van der Waals surface area contributed by atoms with Crippen LogP contribution in [0.4, 0.5) is 34.1 Å². The number of aromatic amines is 1. The van der Waals surface area contributed by atoms with Gasteiger partial charge in [0.2, 0.25) is 5.56 Å². The van der Waals surface area contributed by atoms with E-state index in [1.165, 1.54) is 23.6 Å². The second-order valence-corrected chi connectivity index (χ2v) is 11.2. The van der Waals surface area contributed by atoms with Crippen LogP contribution < -0.4 is 20.7 Å². The van der Waals surface area contributed by atoms with Crippen molar-refractivity contribution in [3.8, 4) is 6.07 Å². The number of thiazole rings is 1. The van der Waals surface area contributed by atoms with E-state index in [0.717, 1.165) is 6.20 Å². The lowest BCUT2D eigenvalue weighted by Gasteiger charge is -2.40. The first kappa shape index (κ1) is 29.3. The zero-order chi connectivity index (χ0) is 30.1. The third-order valence-electron chi connectivity index (χ3n) is 7.58. The lowest BCUT2D eigenvalue weighted by molar-refractivity contribution is 0.101. The topological polar surface area (TPSA) is 108 Å². The Labute approximate surface area is 242 Å². The fourth-order valence-electron chi connectivity index (χ4n) is 5.11. The maximum absolute atomic E-state index is 16.4. The van der Waals surface area contributed by atoms with E-state index in [0.29, 0.717) is 54.4 Å². The van der Waals surface area contributed by atoms with Crippen molar-refractivity contribution in [1.29, 1.82) is 5.26 Å². The van der Waals surface area contributed by atoms with Crippen molar-refractivity contribution in [1.82, 2.24) is 14.9 Å². The molecule has 1 fully saturated rings. The number of rotatable bonds is 6. The molecule has 1 amide bonds. The van der Waals surface area contributed by atoms with Gasteiger partial charge in [-0.25, -0.2) is 22.5 Å². The fraction of sp³-hybridized carbons (Fsp3) is 0.357. The number of pyridine rings is 1. The van der Waals surface area contributed by atoms with Gasteiger partial charge in [0, 0.05) is 62.7 Å². The van der Waals surface area contributed by atoms with Crippen LogP contribution in [-0.2, 0) is 0 Å². The van der Waals surface area contributed by atoms with Gasteiger partial charge in [-0.05, 0) is 26.0 Å². The van der Waals surface area contributed by atoms with E-state index < -0.39 is 40.7 Å². The van der Waals surface area contributed by atoms with Gasteiger partial charge in [-0.2, -0.15) is 5.26 Å². The number of aromatic nitrogens is 2. The molecule has 220 valence electrons. The van der Waals surface area contributed by atoms with Gasteiger partial charge >= 0.3 is 0 Å². The molecule has 0 radical (unpaired) electrons. The summed E-state index contributed by atoms with van der Waals surface area (Å²) < 4.78 is 59.4. The lowest BCUT2D eigenvalue weighted by Crippen LogP contribution is -2.50. The molecule has 9 nitrogen and oxygen atoms in total. The van der Waals surface area contributed by atoms with E-state index in [9.17, 15) is 18.4 Å². The van der Waals surface area contributed by atoms with Crippen molar-refractivity contribution in [2.24, 2.45) is 0 Å². The molecule has 1 aromatic carbocycles. The quantitative estimate of drug-likeness (QED) is 0.398. The number of alkyl halides is 2. The summed E-state index contributed by atoms with van der Waals surface area (Å²) in [6, 6.07) is 3.86. The van der Waals surface area contributed by atoms with Gasteiger partial charge in [-0.3, -0.25) is 9.59 Å². The predicted octanol–water partition coefficient (Wildman–Crippen LogP) is 4.61. The standard InChI is InChI=1S/C28H27F4N7O2S/c1-15-14-39(8-7-37(15)2)21-10-20(29)23(16-3-5-38(6-4-16)28-35-12-17(11-33)42-28)24(30)25(21)36-27(41)19-13-34-22(40)9-18(19)26(31)32/h3,9-10,12-13,15,26H,4-8,14H2,1-2H3,(H,34,40)(H,36,41). The van der Waals surface area contributed by atoms with Crippen molar-refractivity contribution in [2.75, 3.05) is 54.9 Å². The van der Waals surface area contributed by atoms with Crippen LogP contribution >= 0.6 is 11.3 Å². The number of halogens is 4. The first-order chi connectivity index (χ1) is 20.1. The number of likely N-dealkylation sites (N-methyl/N-ethyl adjacent to an activating group) is 1. The Bertz CT molecular complexity index is 1650. The number of benzene rings is 1. The highest BCUT2D eigenvalue weighted by Gasteiger charge is 2.31. The van der Waals surface area contributed by atoms with Gasteiger partial charge < -0.3 is 25.0 Å². The molecule has 42 heavy (non-hydrogen) atoms. The first-order valence-electron chi connectivity index (χ1n) is 13.2. The molecule has 14 heteroatoms. The summed E-state index contributed by atoms with van der Waals surface area (Å²) in [5.41, 5.74) is -2.32. The molecular weight excluding hydrogens is 574 g/mol. The molecule has 2 aromatic heterocycles. The van der Waals surface area contributed by atoms with Gasteiger partial charge in [-0.15, -0.1) is 0 Å². The van der Waals surface area contributed by atoms with Crippen molar-refractivity contribution in [3.05, 3.63) is 74.2 Å². The van der Waals surface area contributed by atoms with Crippen LogP contribution in [0.25, 0.3) is 5.57 Å². The summed E-state index contributed by atoms with van der Waals surface area (Å²) in [4.78, 5) is 37.5. The van der Waals surface area contributed by atoms with Crippen molar-refractivity contribution >= 4 is 39.3 Å². The van der Waals surface area contributed by atoms with E-state index in [2.05, 4.69) is 20.2 Å². The number of H-pyrrole nitrogens is 1. The first-order valence-corrected chi connectivity index (χ1v) is 14.0. The molecule has 4 heterocycles. The molecule has 1 atom stereocenters. The third kappa shape index (κ3) is 5.75. The summed E-state index contributed by atoms with van der Waals surface area (Å²) in [7, 11) is 1.93. The third-order valence-corrected chi connectivity index (χ3v) is 8.54. The van der Waals surface area contributed by atoms with Crippen LogP contribution in [0.3, 0.4) is 0 Å². The minimum atomic E-state index is -3.13. The number of carbonyl (C=O) groups excluding carboxylic acids is 1. The number of hydrogen-bond acceptors (Lipinski definition) is 8. The molecule has 5 rings (SSSR count). The number of carbonyl (C=O) groups is 1. The van der Waals surface area contributed by atoms with E-state index in [1.54, 1.807) is 11.0 Å². The highest BCUT2D eigenvalue weighted by atomic mass is 32.1. The Morgan fingerprint density at radius 1 is 1.24 bits per heavy atom. The van der Waals surface area contributed by atoms with E-state index in [1.807, 2.05) is 24.9 Å². The Hall–Kier alpha value is -4.22. The monoisotopic (exact) mass is 601 g/mol. The number of nitrogens with one attached hydrogen (secondary N) is 2. The predicted molar refractivity (Wildman–Crippen MR) is 152 cm³/mol. The fourth-order valence-corrected chi connectivity index (χ4v) is 5.86. The van der Waals surface area contributed by atoms with Crippen LogP contribution in [0.2, 0.25) is 0 Å². The summed E-state index contributed by atoms with van der Waals surface area (Å²) in [6.07, 6.45) is 1.11. The van der Waals surface area contributed by atoms with Crippen LogP contribution in [0.1, 0.15) is 46.1 Å². The molecule has 0 bridgehead atoms. The summed E-state index contributed by atoms with van der Waals surface area (Å²) in [5.74, 6) is -2.90. The minimum Gasteiger partial charge on any atom is -0.367 e. The average Bonchev–Trinajstić information content (AvgIpc) is 3.45. The number of nitriles is 1. The summed E-state index contributed by atoms with van der Waals surface area (Å²) in [5, 5.41) is 12.1. The maximum atomic E-state index is 16.4. The highest BCUT2D eigenvalue weighted by molar-refractivity contribution is 7.16. The van der Waals surface area contributed by atoms with E-state index in [4.69, 9.17) is 5.26 Å². The molecule has 2 aliphatic rings. The molecule has 1 saturated heterocycles. The summed E-state index contributed by atoms with van der Waals surface area (Å²) >= 11 is 1.22. The zero-order valence-corrected chi connectivity index (χ0v) is 23.6. The molecule has 1 unspecified atom stereocenters. The Morgan fingerprint density at radius 3 is 2.67 bits per heavy atom. The molecule has 0 aliphatic carbocycles. The minimum absolute atomic E-state index is 0.0391. The van der Waals surface area contributed by atoms with Crippen LogP contribution in [0, 0.1) is 23.0 Å². The normalized spacial score (nSPS) is 17.8. The Balaban J connectivity index is 1.54. The van der Waals surface area contributed by atoms with Crippen LogP contribution in [0.5, 0.6) is 0 Å². The number of anilines is 3. The molecule has 0 saturated carbocycles. The molecule has 0 spiro atoms. The summed E-state index contributed by atoms with van der Waals surface area (Å²) in [6.45, 7) is 4.06. The molecule has 2 N–H and O–H groups in total. The van der Waals surface area contributed by atoms with E-state index >= 15 is 8.78 Å². The van der Waals surface area contributed by atoms with Gasteiger partial charge in [0.15, 0.2) is 10.9 Å². The number of hydrogen-bond donors (Lipinski definition) is 2. The van der Waals surface area contributed by atoms with E-state index in [-0.39, 0.29) is 29.4 Å². The van der Waals surface area contributed by atoms with Crippen molar-refractivity contribution < 1.29 is 22.4 Å². The molecule has 2 aliphatic heterocycles. The molecular formula is C28H27F4N7O2S. The second-order valence-electron chi connectivity index (χ2n) is 10.2. The van der Waals surface area contributed by atoms with Gasteiger partial charge in [0.05, 0.1) is 23.0 Å². The van der Waals surface area contributed by atoms with Gasteiger partial charge in [-0.1, -0.05) is 17.4 Å². The van der Waals surface area contributed by atoms with Crippen molar-refractivity contribution in [2.45, 2.75) is 25.8 Å². The Morgan fingerprint density at radius 2 is 2.02 bits per heavy atom. The van der Waals surface area contributed by atoms with Crippen LogP contribution in [0.15, 0.2) is 35.4 Å². The highest BCUT2D eigenvalue weighted by Crippen LogP contribution is 2.39. The second kappa shape index (κ2) is 11.9. The van der Waals surface area contributed by atoms with Gasteiger partial charge in [0.1, 0.15) is 22.5 Å². The molecule has 3 aromatic rings. The lowest BCUT2D eigenvalue weighted by atomic mass is 9.96. The number of amides is 1. The largest absolute Gasteiger partial charge is 0.367 e. The number of piperazine rings is 1. The average molecular weight is 602 g/mol. The zero-order valence-electron chi connectivity index (χ0n) is 22.8. The van der Waals surface area contributed by atoms with Crippen LogP contribution in [-0.4, -0.2) is 66.6 Å². The van der Waals surface area contributed by atoms with Crippen molar-refractivity contribution in [3.63, 3.8) is 0 Å². The number of nitrogens with zero attached hydrogens (tertiary/aromatic N) is 5.